The molecule has 0 aliphatic rings. The van der Waals surface area contributed by atoms with Crippen LogP contribution in [-0.4, -0.2) is 35.7 Å². The minimum absolute atomic E-state index is 0.0144. The van der Waals surface area contributed by atoms with Crippen molar-refractivity contribution in [1.29, 1.82) is 0 Å². The molecule has 134 valence electrons. The van der Waals surface area contributed by atoms with Crippen LogP contribution in [0.4, 0.5) is 0 Å². The Bertz CT molecular complexity index is 719. The SMILES string of the molecule is CCC(CN(C)Cc1ccc(C(=O)O)cc1)Oc1ccc(Cl)c(Cl)c1. The molecule has 0 saturated carbocycles. The number of carbonyl (C=O) groups is 1. The molecule has 0 heterocycles. The summed E-state index contributed by atoms with van der Waals surface area (Å²) in [7, 11) is 2.01. The number of ether oxygens (including phenoxy) is 1. The zero-order valence-corrected chi connectivity index (χ0v) is 15.7. The zero-order chi connectivity index (χ0) is 18.4. The molecular weight excluding hydrogens is 361 g/mol. The first kappa shape index (κ1) is 19.6. The number of carboxylic acid groups (broad SMARTS) is 1. The average Bonchev–Trinajstić information content (AvgIpc) is 2.58. The Morgan fingerprint density at radius 3 is 2.40 bits per heavy atom. The number of hydrogen-bond donors (Lipinski definition) is 1. The molecule has 6 heteroatoms. The molecule has 0 spiro atoms. The summed E-state index contributed by atoms with van der Waals surface area (Å²) in [5.74, 6) is -0.221. The van der Waals surface area contributed by atoms with Gasteiger partial charge in [0.05, 0.1) is 15.6 Å². The Morgan fingerprint density at radius 1 is 1.16 bits per heavy atom. The lowest BCUT2D eigenvalue weighted by atomic mass is 10.1. The van der Waals surface area contributed by atoms with Crippen LogP contribution < -0.4 is 4.74 Å². The first-order chi connectivity index (χ1) is 11.9. The fourth-order valence-corrected chi connectivity index (χ4v) is 2.76. The van der Waals surface area contributed by atoms with Gasteiger partial charge in [0.15, 0.2) is 0 Å². The summed E-state index contributed by atoms with van der Waals surface area (Å²) >= 11 is 11.9. The second kappa shape index (κ2) is 9.09. The lowest BCUT2D eigenvalue weighted by Gasteiger charge is -2.24. The highest BCUT2D eigenvalue weighted by atomic mass is 35.5. The largest absolute Gasteiger partial charge is 0.489 e. The molecule has 2 aromatic carbocycles. The highest BCUT2D eigenvalue weighted by molar-refractivity contribution is 6.42. The molecule has 0 aliphatic carbocycles. The Morgan fingerprint density at radius 2 is 1.84 bits per heavy atom. The second-order valence-electron chi connectivity index (χ2n) is 5.92. The average molecular weight is 382 g/mol. The summed E-state index contributed by atoms with van der Waals surface area (Å²) in [6, 6.07) is 12.2. The van der Waals surface area contributed by atoms with Crippen LogP contribution in [0.3, 0.4) is 0 Å². The maximum Gasteiger partial charge on any atom is 0.335 e. The van der Waals surface area contributed by atoms with E-state index in [1.807, 2.05) is 25.2 Å². The van der Waals surface area contributed by atoms with Gasteiger partial charge in [-0.05, 0) is 43.3 Å². The van der Waals surface area contributed by atoms with Gasteiger partial charge in [-0.1, -0.05) is 42.3 Å². The molecule has 0 fully saturated rings. The summed E-state index contributed by atoms with van der Waals surface area (Å²) in [6.07, 6.45) is 0.864. The van der Waals surface area contributed by atoms with Crippen LogP contribution in [0, 0.1) is 0 Å². The number of rotatable bonds is 8. The van der Waals surface area contributed by atoms with E-state index in [9.17, 15) is 4.79 Å². The van der Waals surface area contributed by atoms with Crippen LogP contribution >= 0.6 is 23.2 Å². The van der Waals surface area contributed by atoms with E-state index in [0.29, 0.717) is 27.9 Å². The molecule has 1 unspecified atom stereocenters. The van der Waals surface area contributed by atoms with E-state index in [4.69, 9.17) is 33.0 Å². The molecule has 0 aliphatic heterocycles. The molecule has 25 heavy (non-hydrogen) atoms. The van der Waals surface area contributed by atoms with Crippen LogP contribution in [0.1, 0.15) is 29.3 Å². The molecule has 1 atom stereocenters. The number of likely N-dealkylation sites (N-methyl/N-ethyl adjacent to an activating group) is 1. The van der Waals surface area contributed by atoms with Crippen LogP contribution in [-0.2, 0) is 6.54 Å². The van der Waals surface area contributed by atoms with Gasteiger partial charge in [-0.2, -0.15) is 0 Å². The van der Waals surface area contributed by atoms with Crippen molar-refractivity contribution in [3.8, 4) is 5.75 Å². The van der Waals surface area contributed by atoms with Gasteiger partial charge in [0.1, 0.15) is 11.9 Å². The van der Waals surface area contributed by atoms with E-state index in [2.05, 4.69) is 11.8 Å². The van der Waals surface area contributed by atoms with Gasteiger partial charge in [-0.15, -0.1) is 0 Å². The van der Waals surface area contributed by atoms with Crippen LogP contribution in [0.2, 0.25) is 10.0 Å². The lowest BCUT2D eigenvalue weighted by molar-refractivity contribution is 0.0697. The fourth-order valence-electron chi connectivity index (χ4n) is 2.47. The summed E-state index contributed by atoms with van der Waals surface area (Å²) in [5.41, 5.74) is 1.35. The Balaban J connectivity index is 1.93. The van der Waals surface area contributed by atoms with Crippen molar-refractivity contribution in [2.24, 2.45) is 0 Å². The monoisotopic (exact) mass is 381 g/mol. The number of carboxylic acids is 1. The molecule has 0 saturated heterocycles. The molecule has 2 aromatic rings. The van der Waals surface area contributed by atoms with Gasteiger partial charge in [0.2, 0.25) is 0 Å². The van der Waals surface area contributed by atoms with Crippen molar-refractivity contribution in [2.45, 2.75) is 26.0 Å². The number of halogens is 2. The van der Waals surface area contributed by atoms with E-state index in [1.54, 1.807) is 24.3 Å². The van der Waals surface area contributed by atoms with E-state index in [0.717, 1.165) is 18.5 Å². The minimum atomic E-state index is -0.916. The van der Waals surface area contributed by atoms with Gasteiger partial charge < -0.3 is 9.84 Å². The molecule has 0 bridgehead atoms. The Labute approximate surface area is 157 Å². The number of hydrogen-bond acceptors (Lipinski definition) is 3. The second-order valence-corrected chi connectivity index (χ2v) is 6.74. The van der Waals surface area contributed by atoms with Crippen molar-refractivity contribution in [1.82, 2.24) is 4.90 Å². The molecule has 2 rings (SSSR count). The van der Waals surface area contributed by atoms with Gasteiger partial charge in [0.25, 0.3) is 0 Å². The van der Waals surface area contributed by atoms with Gasteiger partial charge in [-0.3, -0.25) is 4.90 Å². The van der Waals surface area contributed by atoms with Crippen molar-refractivity contribution in [3.63, 3.8) is 0 Å². The topological polar surface area (TPSA) is 49.8 Å². The highest BCUT2D eigenvalue weighted by Crippen LogP contribution is 2.27. The van der Waals surface area contributed by atoms with Gasteiger partial charge in [-0.25, -0.2) is 4.79 Å². The Kier molecular flexibility index (Phi) is 7.12. The van der Waals surface area contributed by atoms with Crippen molar-refractivity contribution >= 4 is 29.2 Å². The molecule has 0 radical (unpaired) electrons. The Hall–Kier alpha value is -1.75. The minimum Gasteiger partial charge on any atom is -0.489 e. The zero-order valence-electron chi connectivity index (χ0n) is 14.2. The van der Waals surface area contributed by atoms with Crippen LogP contribution in [0.15, 0.2) is 42.5 Å². The number of aromatic carboxylic acids is 1. The summed E-state index contributed by atoms with van der Waals surface area (Å²) in [5, 5.41) is 9.92. The van der Waals surface area contributed by atoms with Crippen LogP contribution in [0.25, 0.3) is 0 Å². The van der Waals surface area contributed by atoms with E-state index < -0.39 is 5.97 Å². The van der Waals surface area contributed by atoms with Crippen molar-refractivity contribution in [2.75, 3.05) is 13.6 Å². The predicted octanol–water partition coefficient (Wildman–Crippen LogP) is 4.98. The summed E-state index contributed by atoms with van der Waals surface area (Å²) in [6.45, 7) is 3.51. The molecular formula is C19H21Cl2NO3. The third kappa shape index (κ3) is 5.92. The van der Waals surface area contributed by atoms with Gasteiger partial charge in [0, 0.05) is 19.2 Å². The normalized spacial score (nSPS) is 12.2. The third-order valence-electron chi connectivity index (χ3n) is 3.82. The predicted molar refractivity (Wildman–Crippen MR) is 101 cm³/mol. The molecule has 4 nitrogen and oxygen atoms in total. The number of nitrogens with zero attached hydrogens (tertiary/aromatic N) is 1. The maximum atomic E-state index is 10.9. The third-order valence-corrected chi connectivity index (χ3v) is 4.56. The molecule has 1 N–H and O–H groups in total. The van der Waals surface area contributed by atoms with Crippen molar-refractivity contribution < 1.29 is 14.6 Å². The van der Waals surface area contributed by atoms with Gasteiger partial charge >= 0.3 is 5.97 Å². The van der Waals surface area contributed by atoms with E-state index >= 15 is 0 Å². The number of benzene rings is 2. The fraction of sp³-hybridized carbons (Fsp3) is 0.316. The summed E-state index contributed by atoms with van der Waals surface area (Å²) < 4.78 is 6.00. The lowest BCUT2D eigenvalue weighted by Crippen LogP contribution is -2.32. The van der Waals surface area contributed by atoms with Crippen LogP contribution in [0.5, 0.6) is 5.75 Å². The summed E-state index contributed by atoms with van der Waals surface area (Å²) in [4.78, 5) is 13.0. The van der Waals surface area contributed by atoms with E-state index in [1.165, 1.54) is 0 Å². The maximum absolute atomic E-state index is 10.9. The quantitative estimate of drug-likeness (QED) is 0.700. The first-order valence-electron chi connectivity index (χ1n) is 8.01. The molecule has 0 amide bonds. The van der Waals surface area contributed by atoms with Crippen molar-refractivity contribution in [3.05, 3.63) is 63.6 Å². The standard InChI is InChI=1S/C19H21Cl2NO3/c1-3-15(25-16-8-9-17(20)18(21)10-16)12-22(2)11-13-4-6-14(7-5-13)19(23)24/h4-10,15H,3,11-12H2,1-2H3,(H,23,24). The van der Waals surface area contributed by atoms with E-state index in [-0.39, 0.29) is 6.10 Å². The smallest absolute Gasteiger partial charge is 0.335 e. The first-order valence-corrected chi connectivity index (χ1v) is 8.77. The molecule has 0 aromatic heterocycles. The highest BCUT2D eigenvalue weighted by Gasteiger charge is 2.13.